The van der Waals surface area contributed by atoms with Crippen LogP contribution in [-0.2, 0) is 14.8 Å². The van der Waals surface area contributed by atoms with Gasteiger partial charge in [0.25, 0.3) is 5.91 Å². The highest BCUT2D eigenvalue weighted by atomic mass is 32.2. The molecule has 0 aromatic heterocycles. The Bertz CT molecular complexity index is 777. The molecule has 1 heterocycles. The van der Waals surface area contributed by atoms with Gasteiger partial charge in [0.15, 0.2) is 5.11 Å². The van der Waals surface area contributed by atoms with Crippen molar-refractivity contribution < 1.29 is 17.9 Å². The average Bonchev–Trinajstić information content (AvgIpc) is 3.17. The maximum Gasteiger partial charge on any atom is 0.269 e. The molecule has 2 rings (SSSR count). The predicted octanol–water partition coefficient (Wildman–Crippen LogP) is 1.00. The van der Waals surface area contributed by atoms with Crippen LogP contribution in [-0.4, -0.2) is 56.1 Å². The van der Waals surface area contributed by atoms with Gasteiger partial charge >= 0.3 is 0 Å². The minimum absolute atomic E-state index is 0.0606. The van der Waals surface area contributed by atoms with Crippen LogP contribution in [0.3, 0.4) is 0 Å². The summed E-state index contributed by atoms with van der Waals surface area (Å²) in [5.74, 6) is -0.486. The van der Waals surface area contributed by atoms with Crippen molar-refractivity contribution in [2.24, 2.45) is 0 Å². The zero-order valence-corrected chi connectivity index (χ0v) is 17.3. The number of ether oxygens (including phenoxy) is 1. The zero-order valence-electron chi connectivity index (χ0n) is 15.7. The highest BCUT2D eigenvalue weighted by molar-refractivity contribution is 7.89. The van der Waals surface area contributed by atoms with Gasteiger partial charge in [-0.1, -0.05) is 6.07 Å². The lowest BCUT2D eigenvalue weighted by atomic mass is 10.2. The van der Waals surface area contributed by atoms with Crippen LogP contribution in [0.2, 0.25) is 0 Å². The molecule has 1 aromatic carbocycles. The molecule has 1 saturated heterocycles. The number of nitrogens with one attached hydrogen (secondary N) is 3. The van der Waals surface area contributed by atoms with Crippen molar-refractivity contribution in [1.82, 2.24) is 20.5 Å². The predicted molar refractivity (Wildman–Crippen MR) is 107 cm³/mol. The summed E-state index contributed by atoms with van der Waals surface area (Å²) in [6, 6.07) is 5.68. The molecule has 0 aliphatic carbocycles. The SMILES string of the molecule is CC(C)N(C)S(=O)(=O)c1cccc(C(=O)NNC(=S)NCC2CCCO2)c1. The van der Waals surface area contributed by atoms with Gasteiger partial charge in [-0.05, 0) is 57.1 Å². The van der Waals surface area contributed by atoms with E-state index >= 15 is 0 Å². The Labute approximate surface area is 165 Å². The molecule has 1 aromatic rings. The minimum atomic E-state index is -3.66. The lowest BCUT2D eigenvalue weighted by Gasteiger charge is -2.21. The van der Waals surface area contributed by atoms with Gasteiger partial charge < -0.3 is 10.1 Å². The van der Waals surface area contributed by atoms with Crippen molar-refractivity contribution in [3.8, 4) is 0 Å². The van der Waals surface area contributed by atoms with Gasteiger partial charge in [-0.25, -0.2) is 8.42 Å². The van der Waals surface area contributed by atoms with Gasteiger partial charge in [-0.15, -0.1) is 0 Å². The second-order valence-corrected chi connectivity index (χ2v) is 8.97. The largest absolute Gasteiger partial charge is 0.376 e. The second kappa shape index (κ2) is 9.45. The third-order valence-corrected chi connectivity index (χ3v) is 6.58. The number of amides is 1. The summed E-state index contributed by atoms with van der Waals surface area (Å²) in [5.41, 5.74) is 5.28. The second-order valence-electron chi connectivity index (χ2n) is 6.57. The quantitative estimate of drug-likeness (QED) is 0.472. The Kier molecular flexibility index (Phi) is 7.54. The molecule has 1 aliphatic rings. The van der Waals surface area contributed by atoms with Crippen molar-refractivity contribution in [3.05, 3.63) is 29.8 Å². The number of thiocarbonyl (C=S) groups is 1. The van der Waals surface area contributed by atoms with E-state index in [4.69, 9.17) is 17.0 Å². The first kappa shape index (κ1) is 21.5. The molecule has 1 amide bonds. The van der Waals surface area contributed by atoms with Gasteiger partial charge in [0.2, 0.25) is 10.0 Å². The van der Waals surface area contributed by atoms with Crippen molar-refractivity contribution in [2.45, 2.75) is 43.7 Å². The van der Waals surface area contributed by atoms with E-state index in [1.165, 1.54) is 35.6 Å². The first-order valence-electron chi connectivity index (χ1n) is 8.75. The molecule has 150 valence electrons. The van der Waals surface area contributed by atoms with E-state index in [2.05, 4.69) is 16.2 Å². The van der Waals surface area contributed by atoms with Gasteiger partial charge in [0.05, 0.1) is 11.0 Å². The summed E-state index contributed by atoms with van der Waals surface area (Å²) in [6.07, 6.45) is 2.14. The first-order chi connectivity index (χ1) is 12.7. The molecule has 1 fully saturated rings. The minimum Gasteiger partial charge on any atom is -0.376 e. The summed E-state index contributed by atoms with van der Waals surface area (Å²) in [4.78, 5) is 12.4. The Morgan fingerprint density at radius 1 is 1.37 bits per heavy atom. The van der Waals surface area contributed by atoms with Crippen molar-refractivity contribution >= 4 is 33.3 Å². The number of rotatable bonds is 6. The van der Waals surface area contributed by atoms with E-state index < -0.39 is 15.9 Å². The molecule has 1 unspecified atom stereocenters. The fourth-order valence-electron chi connectivity index (χ4n) is 2.48. The summed E-state index contributed by atoms with van der Waals surface area (Å²) < 4.78 is 31.9. The molecule has 0 saturated carbocycles. The van der Waals surface area contributed by atoms with Gasteiger partial charge in [-0.2, -0.15) is 4.31 Å². The zero-order chi connectivity index (χ0) is 20.0. The molecule has 10 heteroatoms. The first-order valence-corrected chi connectivity index (χ1v) is 10.6. The van der Waals surface area contributed by atoms with Crippen LogP contribution >= 0.6 is 12.2 Å². The molecule has 27 heavy (non-hydrogen) atoms. The smallest absolute Gasteiger partial charge is 0.269 e. The molecule has 1 atom stereocenters. The molecule has 3 N–H and O–H groups in total. The topological polar surface area (TPSA) is 99.8 Å². The van der Waals surface area contributed by atoms with E-state index in [-0.39, 0.29) is 27.7 Å². The number of carbonyl (C=O) groups is 1. The lowest BCUT2D eigenvalue weighted by Crippen LogP contribution is -2.48. The van der Waals surface area contributed by atoms with E-state index in [1.54, 1.807) is 13.8 Å². The maximum atomic E-state index is 12.6. The Morgan fingerprint density at radius 2 is 2.11 bits per heavy atom. The molecule has 0 radical (unpaired) electrons. The number of carbonyl (C=O) groups excluding carboxylic acids is 1. The molecule has 0 spiro atoms. The normalized spacial score (nSPS) is 17.1. The number of hydrogen-bond acceptors (Lipinski definition) is 5. The summed E-state index contributed by atoms with van der Waals surface area (Å²) in [6.45, 7) is 4.89. The van der Waals surface area contributed by atoms with Crippen molar-refractivity contribution in [1.29, 1.82) is 0 Å². The van der Waals surface area contributed by atoms with Crippen LogP contribution in [0.1, 0.15) is 37.0 Å². The van der Waals surface area contributed by atoms with Crippen LogP contribution in [0.15, 0.2) is 29.2 Å². The summed E-state index contributed by atoms with van der Waals surface area (Å²) >= 11 is 5.11. The maximum absolute atomic E-state index is 12.6. The molecular formula is C17H26N4O4S2. The van der Waals surface area contributed by atoms with Gasteiger partial charge in [0.1, 0.15) is 0 Å². The molecule has 1 aliphatic heterocycles. The Morgan fingerprint density at radius 3 is 2.74 bits per heavy atom. The number of nitrogens with zero attached hydrogens (tertiary/aromatic N) is 1. The number of benzene rings is 1. The lowest BCUT2D eigenvalue weighted by molar-refractivity contribution is 0.0943. The average molecular weight is 415 g/mol. The van der Waals surface area contributed by atoms with Crippen molar-refractivity contribution in [2.75, 3.05) is 20.2 Å². The molecule has 0 bridgehead atoms. The fourth-order valence-corrected chi connectivity index (χ4v) is 4.03. The van der Waals surface area contributed by atoms with Crippen LogP contribution in [0.25, 0.3) is 0 Å². The highest BCUT2D eigenvalue weighted by Gasteiger charge is 2.24. The van der Waals surface area contributed by atoms with Crippen LogP contribution in [0.4, 0.5) is 0 Å². The van der Waals surface area contributed by atoms with Gasteiger partial charge in [-0.3, -0.25) is 15.6 Å². The van der Waals surface area contributed by atoms with E-state index in [0.29, 0.717) is 6.54 Å². The van der Waals surface area contributed by atoms with Crippen LogP contribution in [0, 0.1) is 0 Å². The van der Waals surface area contributed by atoms with E-state index in [0.717, 1.165) is 19.4 Å². The molecule has 8 nitrogen and oxygen atoms in total. The van der Waals surface area contributed by atoms with Gasteiger partial charge in [0, 0.05) is 31.8 Å². The monoisotopic (exact) mass is 414 g/mol. The number of hydrogen-bond donors (Lipinski definition) is 3. The van der Waals surface area contributed by atoms with Crippen LogP contribution in [0.5, 0.6) is 0 Å². The van der Waals surface area contributed by atoms with Crippen molar-refractivity contribution in [3.63, 3.8) is 0 Å². The number of sulfonamides is 1. The third kappa shape index (κ3) is 5.86. The van der Waals surface area contributed by atoms with E-state index in [1.807, 2.05) is 0 Å². The fraction of sp³-hybridized carbons (Fsp3) is 0.529. The van der Waals surface area contributed by atoms with E-state index in [9.17, 15) is 13.2 Å². The Hall–Kier alpha value is -1.75. The highest BCUT2D eigenvalue weighted by Crippen LogP contribution is 2.17. The summed E-state index contributed by atoms with van der Waals surface area (Å²) in [5, 5.41) is 3.24. The summed E-state index contributed by atoms with van der Waals surface area (Å²) in [7, 11) is -2.16. The number of hydrazine groups is 1. The molecular weight excluding hydrogens is 388 g/mol. The Balaban J connectivity index is 1.93. The standard InChI is InChI=1S/C17H26N4O4S2/c1-12(2)21(3)27(23,24)15-8-4-6-13(10-15)16(22)19-20-17(26)18-11-14-7-5-9-25-14/h4,6,8,10,12,14H,5,7,9,11H2,1-3H3,(H,19,22)(H2,18,20,26). The third-order valence-electron chi connectivity index (χ3n) is 4.30. The van der Waals surface area contributed by atoms with Crippen LogP contribution < -0.4 is 16.2 Å².